The Morgan fingerprint density at radius 3 is 2.21 bits per heavy atom. The van der Waals surface area contributed by atoms with Gasteiger partial charge in [0, 0.05) is 18.6 Å². The Bertz CT molecular complexity index is 305. The fourth-order valence-corrected chi connectivity index (χ4v) is 1.93. The van der Waals surface area contributed by atoms with Crippen LogP contribution in [0.1, 0.15) is 33.6 Å². The number of nitrogens with one attached hydrogen (secondary N) is 1. The molecule has 0 aromatic rings. The van der Waals surface area contributed by atoms with Crippen LogP contribution < -0.4 is 5.32 Å². The largest absolute Gasteiger partial charge is 0.446 e. The van der Waals surface area contributed by atoms with Gasteiger partial charge in [0.05, 0.1) is 6.54 Å². The first-order valence-electron chi connectivity index (χ1n) is 6.33. The first-order valence-corrected chi connectivity index (χ1v) is 6.33. The highest BCUT2D eigenvalue weighted by Gasteiger charge is 2.33. The van der Waals surface area contributed by atoms with Crippen molar-refractivity contribution in [3.05, 3.63) is 0 Å². The predicted octanol–water partition coefficient (Wildman–Crippen LogP) is 2.54. The highest BCUT2D eigenvalue weighted by Crippen LogP contribution is 2.21. The van der Waals surface area contributed by atoms with Crippen LogP contribution in [0.15, 0.2) is 0 Å². The van der Waals surface area contributed by atoms with Crippen LogP contribution in [-0.4, -0.2) is 48.4 Å². The van der Waals surface area contributed by atoms with E-state index in [1.54, 1.807) is 0 Å². The lowest BCUT2D eigenvalue weighted by molar-refractivity contribution is -0.150. The molecule has 0 aliphatic carbocycles. The van der Waals surface area contributed by atoms with Crippen molar-refractivity contribution in [2.75, 3.05) is 19.6 Å². The van der Waals surface area contributed by atoms with E-state index < -0.39 is 18.8 Å². The van der Waals surface area contributed by atoms with E-state index in [0.29, 0.717) is 25.9 Å². The molecule has 1 aliphatic rings. The lowest BCUT2D eigenvalue weighted by Crippen LogP contribution is -2.46. The van der Waals surface area contributed by atoms with Gasteiger partial charge in [-0.25, -0.2) is 4.79 Å². The van der Waals surface area contributed by atoms with Crippen LogP contribution in [0.5, 0.6) is 0 Å². The fourth-order valence-electron chi connectivity index (χ4n) is 1.93. The quantitative estimate of drug-likeness (QED) is 0.846. The van der Waals surface area contributed by atoms with Gasteiger partial charge in [-0.3, -0.25) is 4.90 Å². The third-order valence-corrected chi connectivity index (χ3v) is 2.69. The number of carbonyl (C=O) groups is 1. The van der Waals surface area contributed by atoms with Crippen molar-refractivity contribution >= 4 is 6.09 Å². The molecule has 1 aliphatic heterocycles. The molecule has 0 aromatic heterocycles. The highest BCUT2D eigenvalue weighted by molar-refractivity contribution is 5.68. The molecule has 1 saturated heterocycles. The summed E-state index contributed by atoms with van der Waals surface area (Å²) in [6.45, 7) is 5.20. The first-order chi connectivity index (χ1) is 8.55. The maximum Gasteiger partial charge on any atom is 0.407 e. The molecule has 1 amide bonds. The molecule has 19 heavy (non-hydrogen) atoms. The molecular weight excluding hydrogens is 261 g/mol. The monoisotopic (exact) mass is 282 g/mol. The summed E-state index contributed by atoms with van der Waals surface area (Å²) in [6.07, 6.45) is -4.10. The molecule has 0 bridgehead atoms. The average Bonchev–Trinajstić information content (AvgIpc) is 2.15. The minimum absolute atomic E-state index is 0.299. The van der Waals surface area contributed by atoms with Crippen LogP contribution in [0.3, 0.4) is 0 Å². The van der Waals surface area contributed by atoms with Crippen molar-refractivity contribution in [1.82, 2.24) is 10.2 Å². The fraction of sp³-hybridized carbons (Fsp3) is 0.917. The third kappa shape index (κ3) is 7.25. The summed E-state index contributed by atoms with van der Waals surface area (Å²) in [5.41, 5.74) is -0.381. The van der Waals surface area contributed by atoms with Gasteiger partial charge in [0.2, 0.25) is 0 Å². The van der Waals surface area contributed by atoms with Gasteiger partial charge in [-0.2, -0.15) is 13.2 Å². The molecule has 1 fully saturated rings. The standard InChI is InChI=1S/C12H21F3N2O2/c1-11(2,3)16-10(18)19-9-4-6-17(7-5-9)8-12(13,14)15/h9H,4-8H2,1-3H3,(H,16,18). The minimum Gasteiger partial charge on any atom is -0.446 e. The molecule has 0 aromatic carbocycles. The summed E-state index contributed by atoms with van der Waals surface area (Å²) >= 11 is 0. The number of alkyl carbamates (subject to hydrolysis) is 1. The third-order valence-electron chi connectivity index (χ3n) is 2.69. The Morgan fingerprint density at radius 1 is 1.26 bits per heavy atom. The van der Waals surface area contributed by atoms with Crippen molar-refractivity contribution in [3.8, 4) is 0 Å². The van der Waals surface area contributed by atoms with Crippen LogP contribution >= 0.6 is 0 Å². The molecule has 7 heteroatoms. The summed E-state index contributed by atoms with van der Waals surface area (Å²) in [6, 6.07) is 0. The molecule has 0 unspecified atom stereocenters. The second kappa shape index (κ2) is 5.98. The lowest BCUT2D eigenvalue weighted by atomic mass is 10.1. The van der Waals surface area contributed by atoms with E-state index in [4.69, 9.17) is 4.74 Å². The van der Waals surface area contributed by atoms with Gasteiger partial charge in [0.15, 0.2) is 0 Å². The molecule has 112 valence electrons. The van der Waals surface area contributed by atoms with E-state index in [9.17, 15) is 18.0 Å². The Balaban J connectivity index is 2.29. The summed E-state index contributed by atoms with van der Waals surface area (Å²) in [4.78, 5) is 12.8. The number of hydrogen-bond donors (Lipinski definition) is 1. The molecule has 0 atom stereocenters. The van der Waals surface area contributed by atoms with E-state index in [1.165, 1.54) is 4.90 Å². The molecule has 1 rings (SSSR count). The van der Waals surface area contributed by atoms with Gasteiger partial charge in [0.25, 0.3) is 0 Å². The maximum absolute atomic E-state index is 12.2. The summed E-state index contributed by atoms with van der Waals surface area (Å²) in [5, 5.41) is 2.66. The van der Waals surface area contributed by atoms with Gasteiger partial charge in [0.1, 0.15) is 6.10 Å². The van der Waals surface area contributed by atoms with Gasteiger partial charge >= 0.3 is 12.3 Å². The van der Waals surface area contributed by atoms with Crippen LogP contribution in [-0.2, 0) is 4.74 Å². The van der Waals surface area contributed by atoms with Crippen molar-refractivity contribution in [2.45, 2.75) is 51.4 Å². The number of hydrogen-bond acceptors (Lipinski definition) is 3. The number of piperidine rings is 1. The number of alkyl halides is 3. The highest BCUT2D eigenvalue weighted by atomic mass is 19.4. The number of amides is 1. The van der Waals surface area contributed by atoms with E-state index in [-0.39, 0.29) is 11.6 Å². The lowest BCUT2D eigenvalue weighted by Gasteiger charge is -2.32. The van der Waals surface area contributed by atoms with Crippen molar-refractivity contribution in [1.29, 1.82) is 0 Å². The summed E-state index contributed by atoms with van der Waals surface area (Å²) in [7, 11) is 0. The zero-order chi connectivity index (χ0) is 14.7. The Morgan fingerprint density at radius 2 is 1.79 bits per heavy atom. The zero-order valence-electron chi connectivity index (χ0n) is 11.5. The van der Waals surface area contributed by atoms with Crippen LogP contribution in [0, 0.1) is 0 Å². The number of likely N-dealkylation sites (tertiary alicyclic amines) is 1. The van der Waals surface area contributed by atoms with Crippen LogP contribution in [0.2, 0.25) is 0 Å². The van der Waals surface area contributed by atoms with Crippen LogP contribution in [0.25, 0.3) is 0 Å². The van der Waals surface area contributed by atoms with Crippen molar-refractivity contribution in [3.63, 3.8) is 0 Å². The molecule has 0 saturated carbocycles. The minimum atomic E-state index is -4.17. The summed E-state index contributed by atoms with van der Waals surface area (Å²) < 4.78 is 41.8. The molecule has 0 radical (unpaired) electrons. The number of halogens is 3. The Hall–Kier alpha value is -0.980. The van der Waals surface area contributed by atoms with Crippen molar-refractivity contribution < 1.29 is 22.7 Å². The SMILES string of the molecule is CC(C)(C)NC(=O)OC1CCN(CC(F)(F)F)CC1. The maximum atomic E-state index is 12.2. The topological polar surface area (TPSA) is 41.6 Å². The average molecular weight is 282 g/mol. The van der Waals surface area contributed by atoms with E-state index >= 15 is 0 Å². The Labute approximate surface area is 111 Å². The molecular formula is C12H21F3N2O2. The zero-order valence-corrected chi connectivity index (χ0v) is 11.5. The van der Waals surface area contributed by atoms with Gasteiger partial charge in [-0.1, -0.05) is 0 Å². The number of rotatable bonds is 2. The van der Waals surface area contributed by atoms with E-state index in [0.717, 1.165) is 0 Å². The second-order valence-corrected chi connectivity index (χ2v) is 5.87. The number of ether oxygens (including phenoxy) is 1. The van der Waals surface area contributed by atoms with E-state index in [1.807, 2.05) is 20.8 Å². The van der Waals surface area contributed by atoms with Gasteiger partial charge in [-0.05, 0) is 33.6 Å². The molecule has 1 heterocycles. The van der Waals surface area contributed by atoms with Crippen molar-refractivity contribution in [2.24, 2.45) is 0 Å². The normalized spacial score (nSPS) is 19.3. The molecule has 1 N–H and O–H groups in total. The molecule has 4 nitrogen and oxygen atoms in total. The second-order valence-electron chi connectivity index (χ2n) is 5.87. The Kier molecular flexibility index (Phi) is 5.06. The van der Waals surface area contributed by atoms with E-state index in [2.05, 4.69) is 5.32 Å². The summed E-state index contributed by atoms with van der Waals surface area (Å²) in [5.74, 6) is 0. The first kappa shape index (κ1) is 16.1. The number of carbonyl (C=O) groups excluding carboxylic acids is 1. The predicted molar refractivity (Wildman–Crippen MR) is 64.9 cm³/mol. The van der Waals surface area contributed by atoms with Gasteiger partial charge < -0.3 is 10.1 Å². The smallest absolute Gasteiger partial charge is 0.407 e. The number of nitrogens with zero attached hydrogens (tertiary/aromatic N) is 1. The molecule has 0 spiro atoms. The van der Waals surface area contributed by atoms with Crippen LogP contribution in [0.4, 0.5) is 18.0 Å². The van der Waals surface area contributed by atoms with Gasteiger partial charge in [-0.15, -0.1) is 0 Å².